The zero-order chi connectivity index (χ0) is 24.7. The zero-order valence-corrected chi connectivity index (χ0v) is 19.5. The number of amides is 1. The number of nitrogens with one attached hydrogen (secondary N) is 1. The Labute approximate surface area is 195 Å². The SMILES string of the molecule is CC1(C)C(N)=NC(CF)(c2cc(NC(=O)c3cnc(OCC4CC4)cn3)ccc2F)CS1(=O)=O. The van der Waals surface area contributed by atoms with Crippen molar-refractivity contribution in [3.8, 4) is 5.88 Å². The van der Waals surface area contributed by atoms with Gasteiger partial charge in [0.05, 0.1) is 24.8 Å². The number of halogens is 2. The van der Waals surface area contributed by atoms with E-state index in [2.05, 4.69) is 20.3 Å². The lowest BCUT2D eigenvalue weighted by Crippen LogP contribution is -2.56. The summed E-state index contributed by atoms with van der Waals surface area (Å²) in [6.45, 7) is 1.97. The minimum atomic E-state index is -3.96. The van der Waals surface area contributed by atoms with E-state index in [1.807, 2.05) is 0 Å². The highest BCUT2D eigenvalue weighted by Gasteiger charge is 2.52. The van der Waals surface area contributed by atoms with Crippen molar-refractivity contribution in [1.82, 2.24) is 9.97 Å². The number of nitrogens with two attached hydrogens (primary N) is 1. The van der Waals surface area contributed by atoms with Crippen LogP contribution in [0.2, 0.25) is 0 Å². The zero-order valence-electron chi connectivity index (χ0n) is 18.7. The summed E-state index contributed by atoms with van der Waals surface area (Å²) in [5.74, 6) is -1.77. The minimum Gasteiger partial charge on any atom is -0.476 e. The fourth-order valence-corrected chi connectivity index (χ4v) is 5.13. The van der Waals surface area contributed by atoms with Crippen LogP contribution in [-0.2, 0) is 15.4 Å². The summed E-state index contributed by atoms with van der Waals surface area (Å²) >= 11 is 0. The predicted octanol–water partition coefficient (Wildman–Crippen LogP) is 2.39. The van der Waals surface area contributed by atoms with Crippen molar-refractivity contribution < 1.29 is 26.7 Å². The van der Waals surface area contributed by atoms with Crippen molar-refractivity contribution in [2.45, 2.75) is 37.0 Å². The number of aliphatic imine (C=N–C) groups is 1. The number of nitrogens with zero attached hydrogens (tertiary/aromatic N) is 3. The molecule has 0 spiro atoms. The molecule has 9 nitrogen and oxygen atoms in total. The van der Waals surface area contributed by atoms with E-state index in [0.29, 0.717) is 18.4 Å². The van der Waals surface area contributed by atoms with Gasteiger partial charge in [-0.15, -0.1) is 0 Å². The van der Waals surface area contributed by atoms with Crippen molar-refractivity contribution in [1.29, 1.82) is 0 Å². The van der Waals surface area contributed by atoms with Crippen LogP contribution in [0.4, 0.5) is 14.5 Å². The van der Waals surface area contributed by atoms with Crippen LogP contribution in [0, 0.1) is 11.7 Å². The molecule has 0 saturated heterocycles. The van der Waals surface area contributed by atoms with Gasteiger partial charge in [-0.2, -0.15) is 0 Å². The van der Waals surface area contributed by atoms with Gasteiger partial charge in [-0.1, -0.05) is 0 Å². The van der Waals surface area contributed by atoms with Crippen molar-refractivity contribution in [2.75, 3.05) is 24.4 Å². The number of ether oxygens (including phenoxy) is 1. The van der Waals surface area contributed by atoms with Gasteiger partial charge in [0, 0.05) is 11.3 Å². The summed E-state index contributed by atoms with van der Waals surface area (Å²) in [5.41, 5.74) is 3.55. The Morgan fingerprint density at radius 1 is 1.26 bits per heavy atom. The van der Waals surface area contributed by atoms with E-state index in [1.54, 1.807) is 0 Å². The van der Waals surface area contributed by atoms with E-state index in [9.17, 15) is 22.0 Å². The Morgan fingerprint density at radius 2 is 2.00 bits per heavy atom. The molecule has 3 N–H and O–H groups in total. The second-order valence-corrected chi connectivity index (χ2v) is 11.6. The monoisotopic (exact) mass is 493 g/mol. The minimum absolute atomic E-state index is 0.0193. The summed E-state index contributed by atoms with van der Waals surface area (Å²) in [5, 5.41) is 2.53. The van der Waals surface area contributed by atoms with Crippen LogP contribution >= 0.6 is 0 Å². The van der Waals surface area contributed by atoms with Gasteiger partial charge in [0.25, 0.3) is 5.91 Å². The van der Waals surface area contributed by atoms with E-state index in [4.69, 9.17) is 10.5 Å². The maximum atomic E-state index is 14.8. The van der Waals surface area contributed by atoms with E-state index in [1.165, 1.54) is 32.3 Å². The molecule has 1 aliphatic heterocycles. The van der Waals surface area contributed by atoms with Crippen LogP contribution < -0.4 is 15.8 Å². The van der Waals surface area contributed by atoms with Crippen LogP contribution in [-0.4, -0.2) is 53.9 Å². The Bertz CT molecular complexity index is 1250. The second-order valence-electron chi connectivity index (χ2n) is 9.07. The molecule has 1 aliphatic carbocycles. The average molecular weight is 494 g/mol. The summed E-state index contributed by atoms with van der Waals surface area (Å²) in [4.78, 5) is 24.8. The molecule has 34 heavy (non-hydrogen) atoms. The number of anilines is 1. The topological polar surface area (TPSA) is 137 Å². The van der Waals surface area contributed by atoms with E-state index in [-0.39, 0.29) is 22.8 Å². The number of alkyl halides is 1. The Hall–Kier alpha value is -3.15. The molecule has 182 valence electrons. The van der Waals surface area contributed by atoms with Crippen LogP contribution in [0.1, 0.15) is 42.7 Å². The number of carbonyl (C=O) groups is 1. The molecule has 2 aliphatic rings. The lowest BCUT2D eigenvalue weighted by atomic mass is 9.92. The quantitative estimate of drug-likeness (QED) is 0.604. The van der Waals surface area contributed by atoms with Crippen LogP contribution in [0.5, 0.6) is 5.88 Å². The molecule has 2 aromatic rings. The third-order valence-corrected chi connectivity index (χ3v) is 8.75. The summed E-state index contributed by atoms with van der Waals surface area (Å²) in [7, 11) is -3.96. The lowest BCUT2D eigenvalue weighted by molar-refractivity contribution is 0.102. The molecule has 0 bridgehead atoms. The van der Waals surface area contributed by atoms with Gasteiger partial charge in [0.15, 0.2) is 9.84 Å². The smallest absolute Gasteiger partial charge is 0.275 e. The number of benzene rings is 1. The van der Waals surface area contributed by atoms with Gasteiger partial charge in [-0.25, -0.2) is 27.2 Å². The third kappa shape index (κ3) is 4.46. The second kappa shape index (κ2) is 8.57. The Balaban J connectivity index is 1.58. The number of rotatable bonds is 7. The fraction of sp³-hybridized carbons (Fsp3) is 0.455. The standard InChI is InChI=1S/C22H25F2N5O4S/c1-21(2)20(25)29-22(11-23,12-34(21,31)32)15-7-14(5-6-16(15)24)28-19(30)17-8-27-18(9-26-17)33-10-13-3-4-13/h5-9,13H,3-4,10-12H2,1-2H3,(H2,25,29)(H,28,30). The molecule has 2 heterocycles. The number of aromatic nitrogens is 2. The van der Waals surface area contributed by atoms with Gasteiger partial charge in [-0.05, 0) is 50.8 Å². The molecule has 1 unspecified atom stereocenters. The van der Waals surface area contributed by atoms with Crippen molar-refractivity contribution in [3.05, 3.63) is 47.7 Å². The van der Waals surface area contributed by atoms with E-state index >= 15 is 0 Å². The molecular formula is C22H25F2N5O4S. The normalized spacial score (nSPS) is 23.1. The first-order valence-electron chi connectivity index (χ1n) is 10.7. The van der Waals surface area contributed by atoms with Crippen LogP contribution in [0.15, 0.2) is 35.6 Å². The fourth-order valence-electron chi connectivity index (χ4n) is 3.48. The highest BCUT2D eigenvalue weighted by Crippen LogP contribution is 2.39. The summed E-state index contributed by atoms with van der Waals surface area (Å²) in [6.07, 6.45) is 4.82. The molecule has 12 heteroatoms. The predicted molar refractivity (Wildman–Crippen MR) is 122 cm³/mol. The molecule has 1 aromatic heterocycles. The van der Waals surface area contributed by atoms with E-state index < -0.39 is 44.3 Å². The molecular weight excluding hydrogens is 468 g/mol. The van der Waals surface area contributed by atoms with Crippen molar-refractivity contribution in [2.24, 2.45) is 16.6 Å². The first kappa shape index (κ1) is 24.0. The number of amidine groups is 1. The maximum absolute atomic E-state index is 14.8. The average Bonchev–Trinajstić information content (AvgIpc) is 3.62. The molecule has 1 saturated carbocycles. The maximum Gasteiger partial charge on any atom is 0.275 e. The Morgan fingerprint density at radius 3 is 2.59 bits per heavy atom. The van der Waals surface area contributed by atoms with Gasteiger partial charge < -0.3 is 15.8 Å². The number of carbonyl (C=O) groups excluding carboxylic acids is 1. The van der Waals surface area contributed by atoms with E-state index in [0.717, 1.165) is 25.0 Å². The third-order valence-electron chi connectivity index (χ3n) is 6.13. The van der Waals surface area contributed by atoms with Gasteiger partial charge in [-0.3, -0.25) is 9.79 Å². The van der Waals surface area contributed by atoms with Gasteiger partial charge in [0.2, 0.25) is 5.88 Å². The van der Waals surface area contributed by atoms with Gasteiger partial charge >= 0.3 is 0 Å². The van der Waals surface area contributed by atoms with Crippen LogP contribution in [0.3, 0.4) is 0 Å². The molecule has 4 rings (SSSR count). The van der Waals surface area contributed by atoms with Crippen molar-refractivity contribution in [3.63, 3.8) is 0 Å². The van der Waals surface area contributed by atoms with Crippen molar-refractivity contribution >= 4 is 27.3 Å². The van der Waals surface area contributed by atoms with Crippen LogP contribution in [0.25, 0.3) is 0 Å². The highest BCUT2D eigenvalue weighted by atomic mass is 32.2. The first-order valence-corrected chi connectivity index (χ1v) is 12.3. The summed E-state index contributed by atoms with van der Waals surface area (Å²) < 4.78 is 58.6. The first-order chi connectivity index (χ1) is 16.0. The lowest BCUT2D eigenvalue weighted by Gasteiger charge is -2.38. The van der Waals surface area contributed by atoms with Gasteiger partial charge in [0.1, 0.15) is 34.3 Å². The number of hydrogen-bond donors (Lipinski definition) is 2. The molecule has 1 atom stereocenters. The molecule has 0 radical (unpaired) electrons. The number of hydrogen-bond acceptors (Lipinski definition) is 8. The largest absolute Gasteiger partial charge is 0.476 e. The molecule has 1 amide bonds. The Kier molecular flexibility index (Phi) is 6.05. The number of sulfone groups is 1. The summed E-state index contributed by atoms with van der Waals surface area (Å²) in [6, 6.07) is 3.41. The molecule has 1 aromatic carbocycles. The highest BCUT2D eigenvalue weighted by molar-refractivity contribution is 7.93. The molecule has 1 fully saturated rings.